The quantitative estimate of drug-likeness (QED) is 0.325. The zero-order valence-electron chi connectivity index (χ0n) is 18.3. The summed E-state index contributed by atoms with van der Waals surface area (Å²) in [6, 6.07) is 10.5. The molecule has 0 aliphatic carbocycles. The summed E-state index contributed by atoms with van der Waals surface area (Å²) in [4.78, 5) is 31.7. The predicted octanol–water partition coefficient (Wildman–Crippen LogP) is 4.86. The zero-order chi connectivity index (χ0) is 22.9. The topological polar surface area (TPSA) is 109 Å². The van der Waals surface area contributed by atoms with Crippen molar-refractivity contribution in [1.29, 1.82) is 0 Å². The highest BCUT2D eigenvalue weighted by Gasteiger charge is 2.23. The van der Waals surface area contributed by atoms with Crippen LogP contribution in [0.5, 0.6) is 0 Å². The maximum Gasteiger partial charge on any atom is 0.335 e. The number of hydrogen-bond donors (Lipinski definition) is 4. The second-order valence-electron chi connectivity index (χ2n) is 8.91. The SMILES string of the molecule is O=C(O)c1ccc2[nH]cc(CCCN3CCC(c4c[nH]c5ccc(C(=O)O)cc45)CC3)c2c1. The fraction of sp³-hybridized carbons (Fsp3) is 0.308. The van der Waals surface area contributed by atoms with Gasteiger partial charge in [-0.2, -0.15) is 0 Å². The monoisotopic (exact) mass is 445 g/mol. The number of piperidine rings is 1. The highest BCUT2D eigenvalue weighted by molar-refractivity contribution is 5.95. The van der Waals surface area contributed by atoms with E-state index >= 15 is 0 Å². The van der Waals surface area contributed by atoms with E-state index < -0.39 is 11.9 Å². The predicted molar refractivity (Wildman–Crippen MR) is 127 cm³/mol. The molecule has 0 spiro atoms. The molecule has 0 atom stereocenters. The fourth-order valence-electron chi connectivity index (χ4n) is 5.09. The van der Waals surface area contributed by atoms with E-state index in [1.54, 1.807) is 24.3 Å². The lowest BCUT2D eigenvalue weighted by Gasteiger charge is -2.32. The summed E-state index contributed by atoms with van der Waals surface area (Å²) in [6.45, 7) is 3.05. The maximum atomic E-state index is 11.4. The Labute approximate surface area is 191 Å². The molecule has 0 amide bonds. The number of benzene rings is 2. The maximum absolute atomic E-state index is 11.4. The molecule has 0 bridgehead atoms. The van der Waals surface area contributed by atoms with E-state index in [0.29, 0.717) is 17.0 Å². The lowest BCUT2D eigenvalue weighted by Crippen LogP contribution is -2.33. The smallest absolute Gasteiger partial charge is 0.335 e. The highest BCUT2D eigenvalue weighted by Crippen LogP contribution is 2.34. The van der Waals surface area contributed by atoms with Gasteiger partial charge in [0.25, 0.3) is 0 Å². The van der Waals surface area contributed by atoms with Crippen molar-refractivity contribution >= 4 is 33.7 Å². The van der Waals surface area contributed by atoms with Crippen LogP contribution in [0.25, 0.3) is 21.8 Å². The van der Waals surface area contributed by atoms with E-state index in [1.807, 2.05) is 24.5 Å². The Bertz CT molecular complexity index is 1330. The van der Waals surface area contributed by atoms with Crippen LogP contribution in [-0.2, 0) is 6.42 Å². The van der Waals surface area contributed by atoms with Gasteiger partial charge in [-0.1, -0.05) is 0 Å². The Hall–Kier alpha value is -3.58. The molecule has 4 N–H and O–H groups in total. The van der Waals surface area contributed by atoms with Crippen molar-refractivity contribution in [2.24, 2.45) is 0 Å². The normalized spacial score (nSPS) is 15.4. The molecule has 1 fully saturated rings. The van der Waals surface area contributed by atoms with Gasteiger partial charge in [-0.25, -0.2) is 9.59 Å². The van der Waals surface area contributed by atoms with Gasteiger partial charge < -0.3 is 25.1 Å². The number of aryl methyl sites for hydroxylation is 1. The number of likely N-dealkylation sites (tertiary alicyclic amines) is 1. The van der Waals surface area contributed by atoms with Gasteiger partial charge in [0.2, 0.25) is 0 Å². The van der Waals surface area contributed by atoms with Crippen LogP contribution in [0, 0.1) is 0 Å². The summed E-state index contributed by atoms with van der Waals surface area (Å²) in [5, 5.41) is 20.6. The third-order valence-electron chi connectivity index (χ3n) is 6.92. The van der Waals surface area contributed by atoms with Crippen molar-refractivity contribution in [3.8, 4) is 0 Å². The summed E-state index contributed by atoms with van der Waals surface area (Å²) in [6.07, 6.45) is 8.07. The van der Waals surface area contributed by atoms with Crippen molar-refractivity contribution in [1.82, 2.24) is 14.9 Å². The summed E-state index contributed by atoms with van der Waals surface area (Å²) >= 11 is 0. The van der Waals surface area contributed by atoms with Crippen LogP contribution < -0.4 is 0 Å². The third kappa shape index (κ3) is 4.24. The van der Waals surface area contributed by atoms with E-state index in [-0.39, 0.29) is 0 Å². The molecule has 1 saturated heterocycles. The number of hydrogen-bond acceptors (Lipinski definition) is 3. The Kier molecular flexibility index (Phi) is 5.64. The Balaban J connectivity index is 1.18. The van der Waals surface area contributed by atoms with Crippen molar-refractivity contribution in [2.45, 2.75) is 31.6 Å². The molecular weight excluding hydrogens is 418 g/mol. The lowest BCUT2D eigenvalue weighted by molar-refractivity contribution is 0.0686. The molecule has 2 aromatic carbocycles. The van der Waals surface area contributed by atoms with Crippen LogP contribution in [0.2, 0.25) is 0 Å². The lowest BCUT2D eigenvalue weighted by atomic mass is 9.88. The molecule has 4 aromatic rings. The number of fused-ring (bicyclic) bond motifs is 2. The molecule has 0 unspecified atom stereocenters. The molecule has 0 radical (unpaired) electrons. The molecule has 1 aliphatic heterocycles. The number of nitrogens with one attached hydrogen (secondary N) is 2. The van der Waals surface area contributed by atoms with Crippen LogP contribution in [0.3, 0.4) is 0 Å². The largest absolute Gasteiger partial charge is 0.478 e. The minimum Gasteiger partial charge on any atom is -0.478 e. The van der Waals surface area contributed by atoms with Gasteiger partial charge in [-0.15, -0.1) is 0 Å². The standard InChI is InChI=1S/C26H27N3O4/c30-25(31)17-3-5-23-20(12-17)19(14-27-23)2-1-9-29-10-7-16(8-11-29)22-15-28-24-6-4-18(26(32)33)13-21(22)24/h3-6,12-16,27-28H,1-2,7-11H2,(H,30,31)(H,32,33). The number of nitrogens with zero attached hydrogens (tertiary/aromatic N) is 1. The van der Waals surface area contributed by atoms with Crippen molar-refractivity contribution in [3.63, 3.8) is 0 Å². The molecule has 7 heteroatoms. The number of carboxylic acids is 2. The first-order valence-electron chi connectivity index (χ1n) is 11.4. The van der Waals surface area contributed by atoms with Gasteiger partial charge in [0.05, 0.1) is 11.1 Å². The van der Waals surface area contributed by atoms with E-state index in [4.69, 9.17) is 0 Å². The van der Waals surface area contributed by atoms with E-state index in [9.17, 15) is 19.8 Å². The Morgan fingerprint density at radius 1 is 0.879 bits per heavy atom. The van der Waals surface area contributed by atoms with Crippen LogP contribution >= 0.6 is 0 Å². The second kappa shape index (κ2) is 8.75. The van der Waals surface area contributed by atoms with Gasteiger partial charge >= 0.3 is 11.9 Å². The third-order valence-corrected chi connectivity index (χ3v) is 6.92. The van der Waals surface area contributed by atoms with Gasteiger partial charge in [-0.05, 0) is 98.8 Å². The van der Waals surface area contributed by atoms with Crippen molar-refractivity contribution < 1.29 is 19.8 Å². The molecule has 2 aromatic heterocycles. The van der Waals surface area contributed by atoms with E-state index in [2.05, 4.69) is 14.9 Å². The van der Waals surface area contributed by atoms with Gasteiger partial charge in [0.1, 0.15) is 0 Å². The molecule has 33 heavy (non-hydrogen) atoms. The molecule has 3 heterocycles. The van der Waals surface area contributed by atoms with Crippen molar-refractivity contribution in [2.75, 3.05) is 19.6 Å². The molecular formula is C26H27N3O4. The van der Waals surface area contributed by atoms with Gasteiger partial charge in [-0.3, -0.25) is 0 Å². The number of aromatic carboxylic acids is 2. The minimum absolute atomic E-state index is 0.318. The molecule has 7 nitrogen and oxygen atoms in total. The Morgan fingerprint density at radius 3 is 2.15 bits per heavy atom. The second-order valence-corrected chi connectivity index (χ2v) is 8.91. The minimum atomic E-state index is -0.902. The molecule has 0 saturated carbocycles. The highest BCUT2D eigenvalue weighted by atomic mass is 16.4. The van der Waals surface area contributed by atoms with E-state index in [0.717, 1.165) is 72.7 Å². The van der Waals surface area contributed by atoms with Crippen LogP contribution in [0.15, 0.2) is 48.8 Å². The first kappa shape index (κ1) is 21.3. The van der Waals surface area contributed by atoms with Gasteiger partial charge in [0, 0.05) is 34.2 Å². The first-order valence-corrected chi connectivity index (χ1v) is 11.4. The molecule has 5 rings (SSSR count). The number of rotatable bonds is 7. The number of aromatic amines is 2. The van der Waals surface area contributed by atoms with Crippen LogP contribution in [0.1, 0.15) is 57.0 Å². The summed E-state index contributed by atoms with van der Waals surface area (Å²) < 4.78 is 0. The number of H-pyrrole nitrogens is 2. The average molecular weight is 446 g/mol. The fourth-order valence-corrected chi connectivity index (χ4v) is 5.09. The van der Waals surface area contributed by atoms with Crippen LogP contribution in [-0.4, -0.2) is 56.7 Å². The van der Waals surface area contributed by atoms with Crippen LogP contribution in [0.4, 0.5) is 0 Å². The molecule has 1 aliphatic rings. The number of carboxylic acid groups (broad SMARTS) is 2. The summed E-state index contributed by atoms with van der Waals surface area (Å²) in [5.74, 6) is -1.36. The summed E-state index contributed by atoms with van der Waals surface area (Å²) in [7, 11) is 0. The van der Waals surface area contributed by atoms with Gasteiger partial charge in [0.15, 0.2) is 0 Å². The first-order chi connectivity index (χ1) is 16.0. The van der Waals surface area contributed by atoms with E-state index in [1.165, 1.54) is 5.56 Å². The number of aromatic nitrogens is 2. The van der Waals surface area contributed by atoms with Crippen molar-refractivity contribution in [3.05, 3.63) is 71.0 Å². The summed E-state index contributed by atoms with van der Waals surface area (Å²) in [5.41, 5.74) is 4.99. The zero-order valence-corrected chi connectivity index (χ0v) is 18.3. The average Bonchev–Trinajstić information content (AvgIpc) is 3.43. The number of carbonyl (C=O) groups is 2. The molecule has 170 valence electrons. The Morgan fingerprint density at radius 2 is 1.48 bits per heavy atom.